The van der Waals surface area contributed by atoms with Crippen LogP contribution in [0.1, 0.15) is 27.0 Å². The number of rotatable bonds is 5. The third-order valence-electron chi connectivity index (χ3n) is 4.77. The molecule has 1 aromatic carbocycles. The molecule has 1 N–H and O–H groups in total. The molecule has 2 amide bonds. The van der Waals surface area contributed by atoms with E-state index in [2.05, 4.69) is 10.3 Å². The largest absolute Gasteiger partial charge is 0.493 e. The molecule has 2 aliphatic heterocycles. The first-order valence-electron chi connectivity index (χ1n) is 8.52. The van der Waals surface area contributed by atoms with Gasteiger partial charge in [0, 0.05) is 17.5 Å². The molecular weight excluding hydrogens is 366 g/mol. The summed E-state index contributed by atoms with van der Waals surface area (Å²) in [4.78, 5) is 31.7. The molecule has 2 atom stereocenters. The summed E-state index contributed by atoms with van der Waals surface area (Å²) in [6, 6.07) is 8.69. The Morgan fingerprint density at radius 1 is 1.30 bits per heavy atom. The highest BCUT2D eigenvalue weighted by molar-refractivity contribution is 7.99. The van der Waals surface area contributed by atoms with E-state index in [1.807, 2.05) is 24.3 Å². The lowest BCUT2D eigenvalue weighted by Crippen LogP contribution is -2.45. The second-order valence-electron chi connectivity index (χ2n) is 6.22. The molecule has 0 unspecified atom stereocenters. The molecule has 0 saturated carbocycles. The van der Waals surface area contributed by atoms with Gasteiger partial charge in [-0.15, -0.1) is 11.8 Å². The van der Waals surface area contributed by atoms with E-state index in [4.69, 9.17) is 9.47 Å². The average molecular weight is 385 g/mol. The zero-order valence-electron chi connectivity index (χ0n) is 15.0. The van der Waals surface area contributed by atoms with E-state index in [-0.39, 0.29) is 17.2 Å². The van der Waals surface area contributed by atoms with E-state index in [0.29, 0.717) is 29.4 Å². The second-order valence-corrected chi connectivity index (χ2v) is 7.33. The average Bonchev–Trinajstić information content (AvgIpc) is 3.26. The van der Waals surface area contributed by atoms with Gasteiger partial charge in [-0.1, -0.05) is 12.1 Å². The van der Waals surface area contributed by atoms with Crippen molar-refractivity contribution in [1.29, 1.82) is 0 Å². The molecule has 1 saturated heterocycles. The quantitative estimate of drug-likeness (QED) is 0.848. The molecule has 0 radical (unpaired) electrons. The van der Waals surface area contributed by atoms with Gasteiger partial charge in [-0.2, -0.15) is 0 Å². The Morgan fingerprint density at radius 2 is 2.15 bits per heavy atom. The first kappa shape index (κ1) is 17.7. The monoisotopic (exact) mass is 385 g/mol. The van der Waals surface area contributed by atoms with Gasteiger partial charge in [0.1, 0.15) is 11.4 Å². The second kappa shape index (κ2) is 7.11. The summed E-state index contributed by atoms with van der Waals surface area (Å²) < 4.78 is 10.7. The van der Waals surface area contributed by atoms with Gasteiger partial charge in [0.25, 0.3) is 5.91 Å². The highest BCUT2D eigenvalue weighted by Gasteiger charge is 2.50. The van der Waals surface area contributed by atoms with Crippen molar-refractivity contribution in [2.45, 2.75) is 18.0 Å². The van der Waals surface area contributed by atoms with E-state index < -0.39 is 6.04 Å². The molecule has 4 rings (SSSR count). The van der Waals surface area contributed by atoms with Gasteiger partial charge in [0.05, 0.1) is 32.0 Å². The molecule has 0 aliphatic carbocycles. The smallest absolute Gasteiger partial charge is 0.260 e. The maximum Gasteiger partial charge on any atom is 0.260 e. The van der Waals surface area contributed by atoms with Crippen molar-refractivity contribution >= 4 is 23.6 Å². The number of pyridine rings is 1. The highest BCUT2D eigenvalue weighted by atomic mass is 32.2. The Hall–Kier alpha value is -2.74. The van der Waals surface area contributed by atoms with Crippen LogP contribution in [0.15, 0.2) is 36.5 Å². The Labute approximate surface area is 161 Å². The summed E-state index contributed by atoms with van der Waals surface area (Å²) in [5.41, 5.74) is 2.12. The standard InChI is InChI=1S/C19H19N3O4S/c1-25-14-7-6-12-15(16(14)26-2)18(24)22-13(10-27-19(12)22)17(23)21-9-11-5-3-4-8-20-11/h3-8,13,19H,9-10H2,1-2H3,(H,21,23)/t13-,19-/m0/s1. The summed E-state index contributed by atoms with van der Waals surface area (Å²) in [6.45, 7) is 0.331. The molecule has 8 heteroatoms. The van der Waals surface area contributed by atoms with Gasteiger partial charge in [-0.25, -0.2) is 0 Å². The molecule has 0 bridgehead atoms. The highest BCUT2D eigenvalue weighted by Crippen LogP contribution is 2.52. The predicted molar refractivity (Wildman–Crippen MR) is 101 cm³/mol. The lowest BCUT2D eigenvalue weighted by atomic mass is 10.1. The number of hydrogen-bond donors (Lipinski definition) is 1. The number of carbonyl (C=O) groups excluding carboxylic acids is 2. The van der Waals surface area contributed by atoms with E-state index in [0.717, 1.165) is 11.3 Å². The van der Waals surface area contributed by atoms with Crippen molar-refractivity contribution in [3.63, 3.8) is 0 Å². The number of aromatic nitrogens is 1. The number of nitrogens with one attached hydrogen (secondary N) is 1. The fraction of sp³-hybridized carbons (Fsp3) is 0.316. The number of amides is 2. The lowest BCUT2D eigenvalue weighted by molar-refractivity contribution is -0.124. The number of benzene rings is 1. The molecule has 7 nitrogen and oxygen atoms in total. The molecular formula is C19H19N3O4S. The SMILES string of the molecule is COc1ccc2c(c1OC)C(=O)N1[C@H](C(=O)NCc3ccccn3)CS[C@@H]21. The van der Waals surface area contributed by atoms with Crippen LogP contribution >= 0.6 is 11.8 Å². The van der Waals surface area contributed by atoms with E-state index in [1.165, 1.54) is 14.2 Å². The predicted octanol–water partition coefficient (Wildman–Crippen LogP) is 1.98. The number of ether oxygens (including phenoxy) is 2. The topological polar surface area (TPSA) is 80.8 Å². The first-order valence-corrected chi connectivity index (χ1v) is 9.57. The van der Waals surface area contributed by atoms with Crippen LogP contribution in [-0.4, -0.2) is 47.7 Å². The summed E-state index contributed by atoms with van der Waals surface area (Å²) in [7, 11) is 3.05. The van der Waals surface area contributed by atoms with Gasteiger partial charge >= 0.3 is 0 Å². The Kier molecular flexibility index (Phi) is 4.65. The van der Waals surface area contributed by atoms with Crippen LogP contribution in [-0.2, 0) is 11.3 Å². The van der Waals surface area contributed by atoms with Crippen LogP contribution in [0.4, 0.5) is 0 Å². The minimum absolute atomic E-state index is 0.178. The molecule has 1 aromatic heterocycles. The maximum absolute atomic E-state index is 13.1. The third kappa shape index (κ3) is 2.90. The van der Waals surface area contributed by atoms with Gasteiger partial charge < -0.3 is 19.7 Å². The number of thioether (sulfide) groups is 1. The van der Waals surface area contributed by atoms with Crippen LogP contribution in [0.25, 0.3) is 0 Å². The van der Waals surface area contributed by atoms with Gasteiger partial charge in [-0.3, -0.25) is 14.6 Å². The molecule has 140 valence electrons. The van der Waals surface area contributed by atoms with Crippen molar-refractivity contribution in [3.05, 3.63) is 53.3 Å². The number of methoxy groups -OCH3 is 2. The fourth-order valence-electron chi connectivity index (χ4n) is 3.49. The van der Waals surface area contributed by atoms with Crippen LogP contribution in [0.3, 0.4) is 0 Å². The van der Waals surface area contributed by atoms with Gasteiger partial charge in [-0.05, 0) is 18.2 Å². The molecule has 2 aliphatic rings. The van der Waals surface area contributed by atoms with E-state index >= 15 is 0 Å². The first-order chi connectivity index (χ1) is 13.2. The zero-order valence-corrected chi connectivity index (χ0v) is 15.8. The van der Waals surface area contributed by atoms with Crippen molar-refractivity contribution in [3.8, 4) is 11.5 Å². The number of nitrogens with zero attached hydrogens (tertiary/aromatic N) is 2. The van der Waals surface area contributed by atoms with Crippen LogP contribution in [0.5, 0.6) is 11.5 Å². The third-order valence-corrected chi connectivity index (χ3v) is 6.07. The minimum Gasteiger partial charge on any atom is -0.493 e. The van der Waals surface area contributed by atoms with E-state index in [9.17, 15) is 9.59 Å². The molecule has 27 heavy (non-hydrogen) atoms. The van der Waals surface area contributed by atoms with E-state index in [1.54, 1.807) is 28.9 Å². The Bertz CT molecular complexity index is 890. The Morgan fingerprint density at radius 3 is 2.85 bits per heavy atom. The molecule has 3 heterocycles. The number of carbonyl (C=O) groups is 2. The van der Waals surface area contributed by atoms with Gasteiger partial charge in [0.15, 0.2) is 11.5 Å². The van der Waals surface area contributed by atoms with Crippen molar-refractivity contribution < 1.29 is 19.1 Å². The number of hydrogen-bond acceptors (Lipinski definition) is 6. The molecule has 0 spiro atoms. The van der Waals surface area contributed by atoms with Crippen molar-refractivity contribution in [2.75, 3.05) is 20.0 Å². The minimum atomic E-state index is -0.528. The fourth-order valence-corrected chi connectivity index (χ4v) is 4.95. The van der Waals surface area contributed by atoms with Crippen molar-refractivity contribution in [2.24, 2.45) is 0 Å². The maximum atomic E-state index is 13.1. The van der Waals surface area contributed by atoms with Gasteiger partial charge in [0.2, 0.25) is 5.91 Å². The van der Waals surface area contributed by atoms with Crippen LogP contribution in [0.2, 0.25) is 0 Å². The summed E-state index contributed by atoms with van der Waals surface area (Å²) in [5.74, 6) is 1.10. The zero-order chi connectivity index (χ0) is 19.0. The Balaban J connectivity index is 1.56. The van der Waals surface area contributed by atoms with Crippen LogP contribution in [0, 0.1) is 0 Å². The normalized spacial score (nSPS) is 20.2. The summed E-state index contributed by atoms with van der Waals surface area (Å²) in [5, 5.41) is 2.70. The molecule has 1 fully saturated rings. The van der Waals surface area contributed by atoms with Crippen molar-refractivity contribution in [1.82, 2.24) is 15.2 Å². The summed E-state index contributed by atoms with van der Waals surface area (Å²) >= 11 is 1.58. The lowest BCUT2D eigenvalue weighted by Gasteiger charge is -2.22. The van der Waals surface area contributed by atoms with Crippen LogP contribution < -0.4 is 14.8 Å². The molecule has 2 aromatic rings. The summed E-state index contributed by atoms with van der Waals surface area (Å²) in [6.07, 6.45) is 1.68. The number of fused-ring (bicyclic) bond motifs is 3.